The zero-order chi connectivity index (χ0) is 23.7. The first-order chi connectivity index (χ1) is 16.5. The van der Waals surface area contributed by atoms with Crippen LogP contribution in [0.2, 0.25) is 0 Å². The van der Waals surface area contributed by atoms with Crippen molar-refractivity contribution in [2.45, 2.75) is 26.8 Å². The minimum Gasteiger partial charge on any atom is -0.486 e. The van der Waals surface area contributed by atoms with Crippen molar-refractivity contribution in [1.82, 2.24) is 35.0 Å². The van der Waals surface area contributed by atoms with Crippen molar-refractivity contribution in [3.05, 3.63) is 41.9 Å². The molecule has 11 heteroatoms. The summed E-state index contributed by atoms with van der Waals surface area (Å²) in [5.74, 6) is 2.60. The molecule has 5 rings (SSSR count). The number of rotatable bonds is 8. The van der Waals surface area contributed by atoms with Crippen LogP contribution in [0.1, 0.15) is 25.2 Å². The van der Waals surface area contributed by atoms with Gasteiger partial charge in [-0.05, 0) is 36.2 Å². The lowest BCUT2D eigenvalue weighted by atomic mass is 10.00. The Morgan fingerprint density at radius 1 is 1.18 bits per heavy atom. The Labute approximate surface area is 195 Å². The standard InChI is InChI=1S/C23H27FN8O2/c1-13(2)12-26-5-6-32-19(28-20-21(25)29-23(24)30-22(20)32)10-14-9-17-18(34-8-7-33-17)11-15(14)16-3-4-27-31-16/h3-4,9,11,13,26H,5-8,10,12H2,1-2H3,(H,27,31)(H2,25,29,30). The molecule has 0 spiro atoms. The summed E-state index contributed by atoms with van der Waals surface area (Å²) in [6, 6.07) is 5.80. The average molecular weight is 467 g/mol. The number of nitrogens with two attached hydrogens (primary N) is 1. The second-order valence-corrected chi connectivity index (χ2v) is 8.63. The fourth-order valence-corrected chi connectivity index (χ4v) is 4.09. The van der Waals surface area contributed by atoms with Crippen molar-refractivity contribution in [2.75, 3.05) is 32.0 Å². The van der Waals surface area contributed by atoms with E-state index in [4.69, 9.17) is 20.2 Å². The maximum atomic E-state index is 14.0. The molecule has 1 aliphatic heterocycles. The molecule has 0 radical (unpaired) electrons. The van der Waals surface area contributed by atoms with E-state index >= 15 is 0 Å². The Morgan fingerprint density at radius 3 is 2.71 bits per heavy atom. The van der Waals surface area contributed by atoms with Gasteiger partial charge in [0, 0.05) is 31.3 Å². The number of hydrogen-bond acceptors (Lipinski definition) is 8. The van der Waals surface area contributed by atoms with Crippen LogP contribution in [-0.4, -0.2) is 56.0 Å². The third kappa shape index (κ3) is 4.38. The van der Waals surface area contributed by atoms with Crippen molar-refractivity contribution in [3.8, 4) is 22.8 Å². The third-order valence-corrected chi connectivity index (χ3v) is 5.65. The molecule has 0 bridgehead atoms. The summed E-state index contributed by atoms with van der Waals surface area (Å²) in [6.45, 7) is 7.38. The third-order valence-electron chi connectivity index (χ3n) is 5.65. The van der Waals surface area contributed by atoms with Crippen LogP contribution in [-0.2, 0) is 13.0 Å². The van der Waals surface area contributed by atoms with Crippen molar-refractivity contribution in [2.24, 2.45) is 5.92 Å². The highest BCUT2D eigenvalue weighted by atomic mass is 19.1. The van der Waals surface area contributed by atoms with Gasteiger partial charge in [-0.15, -0.1) is 0 Å². The summed E-state index contributed by atoms with van der Waals surface area (Å²) in [6.07, 6.45) is 1.27. The van der Waals surface area contributed by atoms with Crippen LogP contribution < -0.4 is 20.5 Å². The highest BCUT2D eigenvalue weighted by Gasteiger charge is 2.22. The van der Waals surface area contributed by atoms with Gasteiger partial charge in [0.25, 0.3) is 0 Å². The summed E-state index contributed by atoms with van der Waals surface area (Å²) >= 11 is 0. The van der Waals surface area contributed by atoms with Gasteiger partial charge in [0.15, 0.2) is 28.5 Å². The molecule has 0 saturated carbocycles. The predicted octanol–water partition coefficient (Wildman–Crippen LogP) is 2.55. The number of hydrogen-bond donors (Lipinski definition) is 3. The molecule has 0 aliphatic carbocycles. The molecule has 0 atom stereocenters. The largest absolute Gasteiger partial charge is 0.486 e. The van der Waals surface area contributed by atoms with Crippen molar-refractivity contribution in [1.29, 1.82) is 0 Å². The van der Waals surface area contributed by atoms with E-state index in [0.717, 1.165) is 23.4 Å². The van der Waals surface area contributed by atoms with E-state index in [1.807, 2.05) is 22.8 Å². The molecule has 4 heterocycles. The molecule has 10 nitrogen and oxygen atoms in total. The van der Waals surface area contributed by atoms with Crippen LogP contribution in [0.25, 0.3) is 22.4 Å². The van der Waals surface area contributed by atoms with Crippen LogP contribution in [0.4, 0.5) is 10.2 Å². The van der Waals surface area contributed by atoms with Gasteiger partial charge in [-0.3, -0.25) is 5.10 Å². The van der Waals surface area contributed by atoms with Gasteiger partial charge in [0.05, 0.1) is 5.69 Å². The van der Waals surface area contributed by atoms with E-state index in [0.29, 0.717) is 67.1 Å². The van der Waals surface area contributed by atoms with Gasteiger partial charge in [-0.2, -0.15) is 19.5 Å². The number of anilines is 1. The lowest BCUT2D eigenvalue weighted by Gasteiger charge is -2.21. The van der Waals surface area contributed by atoms with E-state index in [1.165, 1.54) is 0 Å². The highest BCUT2D eigenvalue weighted by Crippen LogP contribution is 2.38. The van der Waals surface area contributed by atoms with E-state index < -0.39 is 6.08 Å². The van der Waals surface area contributed by atoms with Crippen LogP contribution in [0.5, 0.6) is 11.5 Å². The van der Waals surface area contributed by atoms with Gasteiger partial charge < -0.3 is 25.1 Å². The zero-order valence-corrected chi connectivity index (χ0v) is 19.1. The number of nitrogens with one attached hydrogen (secondary N) is 2. The van der Waals surface area contributed by atoms with Gasteiger partial charge in [0.2, 0.25) is 0 Å². The number of nitrogens with zero attached hydrogens (tertiary/aromatic N) is 5. The smallest absolute Gasteiger partial charge is 0.312 e. The monoisotopic (exact) mass is 466 g/mol. The summed E-state index contributed by atoms with van der Waals surface area (Å²) in [5.41, 5.74) is 9.48. The molecule has 34 heavy (non-hydrogen) atoms. The average Bonchev–Trinajstić information content (AvgIpc) is 3.45. The summed E-state index contributed by atoms with van der Waals surface area (Å²) in [5, 5.41) is 10.5. The number of ether oxygens (including phenoxy) is 2. The fourth-order valence-electron chi connectivity index (χ4n) is 4.09. The van der Waals surface area contributed by atoms with E-state index in [9.17, 15) is 4.39 Å². The topological polar surface area (TPSA) is 129 Å². The minimum absolute atomic E-state index is 0.0219. The first-order valence-electron chi connectivity index (χ1n) is 11.3. The van der Waals surface area contributed by atoms with Crippen LogP contribution >= 0.6 is 0 Å². The number of halogens is 1. The number of nitrogen functional groups attached to an aromatic ring is 1. The van der Waals surface area contributed by atoms with Gasteiger partial charge in [-0.25, -0.2) is 4.98 Å². The molecule has 0 unspecified atom stereocenters. The zero-order valence-electron chi connectivity index (χ0n) is 19.1. The molecule has 0 amide bonds. The Kier molecular flexibility index (Phi) is 6.01. The Bertz CT molecular complexity index is 1300. The highest BCUT2D eigenvalue weighted by molar-refractivity contribution is 5.82. The molecular formula is C23H27FN8O2. The SMILES string of the molecule is CC(C)CNCCn1c(Cc2cc3c(cc2-c2ccn[nH]2)OCCO3)nc2c(N)nc(F)nc21. The Hall–Kier alpha value is -3.73. The van der Waals surface area contributed by atoms with Gasteiger partial charge in [0.1, 0.15) is 19.0 Å². The molecular weight excluding hydrogens is 439 g/mol. The minimum atomic E-state index is -0.870. The predicted molar refractivity (Wildman–Crippen MR) is 125 cm³/mol. The lowest BCUT2D eigenvalue weighted by molar-refractivity contribution is 0.171. The lowest BCUT2D eigenvalue weighted by Crippen LogP contribution is -2.25. The van der Waals surface area contributed by atoms with E-state index in [1.54, 1.807) is 6.20 Å². The summed E-state index contributed by atoms with van der Waals surface area (Å²) in [7, 11) is 0. The molecule has 4 N–H and O–H groups in total. The molecule has 0 fully saturated rings. The number of imidazole rings is 1. The summed E-state index contributed by atoms with van der Waals surface area (Å²) in [4.78, 5) is 12.4. The maximum absolute atomic E-state index is 14.0. The second kappa shape index (κ2) is 9.26. The van der Waals surface area contributed by atoms with Crippen molar-refractivity contribution < 1.29 is 13.9 Å². The van der Waals surface area contributed by atoms with Crippen molar-refractivity contribution >= 4 is 17.0 Å². The summed E-state index contributed by atoms with van der Waals surface area (Å²) < 4.78 is 27.6. The normalized spacial score (nSPS) is 13.2. The van der Waals surface area contributed by atoms with Gasteiger partial charge in [-0.1, -0.05) is 13.8 Å². The quantitative estimate of drug-likeness (QED) is 0.267. The number of benzene rings is 1. The van der Waals surface area contributed by atoms with Crippen LogP contribution in [0.3, 0.4) is 0 Å². The Morgan fingerprint density at radius 2 is 1.97 bits per heavy atom. The van der Waals surface area contributed by atoms with Gasteiger partial charge >= 0.3 is 6.08 Å². The first-order valence-corrected chi connectivity index (χ1v) is 11.3. The molecule has 4 aromatic rings. The number of aromatic amines is 1. The van der Waals surface area contributed by atoms with Crippen molar-refractivity contribution in [3.63, 3.8) is 0 Å². The van der Waals surface area contributed by atoms with Crippen LogP contribution in [0, 0.1) is 12.0 Å². The second-order valence-electron chi connectivity index (χ2n) is 8.63. The number of H-pyrrole nitrogens is 1. The first kappa shape index (κ1) is 22.1. The molecule has 0 saturated heterocycles. The molecule has 1 aromatic carbocycles. The fraction of sp³-hybridized carbons (Fsp3) is 0.391. The molecule has 178 valence electrons. The Balaban J connectivity index is 1.57. The van der Waals surface area contributed by atoms with Crippen LogP contribution in [0.15, 0.2) is 24.4 Å². The van der Waals surface area contributed by atoms with E-state index in [-0.39, 0.29) is 5.82 Å². The molecule has 1 aliphatic rings. The number of fused-ring (bicyclic) bond motifs is 2. The van der Waals surface area contributed by atoms with E-state index in [2.05, 4.69) is 39.3 Å². The number of aromatic nitrogens is 6. The maximum Gasteiger partial charge on any atom is 0.312 e. The molecule has 3 aromatic heterocycles.